The number of rotatable bonds is 6. The van der Waals surface area contributed by atoms with Crippen LogP contribution in [-0.2, 0) is 13.0 Å². The summed E-state index contributed by atoms with van der Waals surface area (Å²) in [4.78, 5) is 0. The van der Waals surface area contributed by atoms with E-state index in [0.717, 1.165) is 16.9 Å². The first kappa shape index (κ1) is 16.5. The zero-order valence-electron chi connectivity index (χ0n) is 13.9. The Bertz CT molecular complexity index is 791. The van der Waals surface area contributed by atoms with Gasteiger partial charge in [0.25, 0.3) is 5.89 Å². The van der Waals surface area contributed by atoms with Crippen molar-refractivity contribution in [2.24, 2.45) is 0 Å². The first-order valence-electron chi connectivity index (χ1n) is 7.76. The topological polar surface area (TPSA) is 66.0 Å². The second kappa shape index (κ2) is 7.05. The van der Waals surface area contributed by atoms with E-state index in [9.17, 15) is 0 Å². The van der Waals surface area contributed by atoms with Crippen LogP contribution >= 0.6 is 11.6 Å². The number of halogens is 1. The lowest BCUT2D eigenvalue weighted by atomic mass is 10.1. The number of aromatic nitrogens is 4. The van der Waals surface area contributed by atoms with Gasteiger partial charge in [-0.05, 0) is 50.1 Å². The Kier molecular flexibility index (Phi) is 4.85. The molecule has 0 bridgehead atoms. The highest BCUT2D eigenvalue weighted by Crippen LogP contribution is 2.30. The second-order valence-corrected chi connectivity index (χ2v) is 6.12. The fourth-order valence-corrected chi connectivity index (χ4v) is 2.81. The van der Waals surface area contributed by atoms with Crippen LogP contribution < -0.4 is 4.74 Å². The zero-order chi connectivity index (χ0) is 17.1. The maximum absolute atomic E-state index is 6.05. The van der Waals surface area contributed by atoms with Crippen LogP contribution in [-0.4, -0.2) is 20.0 Å². The van der Waals surface area contributed by atoms with Crippen molar-refractivity contribution in [3.05, 3.63) is 58.5 Å². The van der Waals surface area contributed by atoms with Crippen LogP contribution in [0.25, 0.3) is 0 Å². The maximum atomic E-state index is 6.05. The summed E-state index contributed by atoms with van der Waals surface area (Å²) in [5.41, 5.74) is 1.95. The summed E-state index contributed by atoms with van der Waals surface area (Å²) in [6.07, 6.45) is 3.93. The molecule has 7 heteroatoms. The first-order valence-corrected chi connectivity index (χ1v) is 8.14. The molecule has 2 heterocycles. The Morgan fingerprint density at radius 2 is 2.00 bits per heavy atom. The minimum absolute atomic E-state index is 0.338. The molecule has 0 aliphatic heterocycles. The number of nitrogens with zero attached hydrogens (tertiary/aromatic N) is 4. The summed E-state index contributed by atoms with van der Waals surface area (Å²) in [6, 6.07) is 5.63. The molecule has 0 unspecified atom stereocenters. The highest BCUT2D eigenvalue weighted by atomic mass is 35.5. The molecule has 0 radical (unpaired) electrons. The van der Waals surface area contributed by atoms with Crippen LogP contribution in [0.5, 0.6) is 5.75 Å². The standard InChI is InChI=1S/C17H19ClN4O2/c1-11-9-14(18)10-12(2)16(11)23-13(3)17-21-20-15(24-17)5-8-22-7-4-6-19-22/h4,6-7,9-10,13H,5,8H2,1-3H3/t13-/m1/s1. The molecule has 0 saturated carbocycles. The number of aryl methyl sites for hydroxylation is 4. The van der Waals surface area contributed by atoms with E-state index in [1.807, 2.05) is 49.8 Å². The third kappa shape index (κ3) is 3.76. The lowest BCUT2D eigenvalue weighted by Crippen LogP contribution is -2.06. The van der Waals surface area contributed by atoms with Gasteiger partial charge >= 0.3 is 0 Å². The number of benzene rings is 1. The Hall–Kier alpha value is -2.34. The van der Waals surface area contributed by atoms with Crippen molar-refractivity contribution in [2.45, 2.75) is 39.8 Å². The Morgan fingerprint density at radius 1 is 1.25 bits per heavy atom. The molecular weight excluding hydrogens is 328 g/mol. The second-order valence-electron chi connectivity index (χ2n) is 5.68. The Morgan fingerprint density at radius 3 is 2.67 bits per heavy atom. The molecule has 24 heavy (non-hydrogen) atoms. The van der Waals surface area contributed by atoms with E-state index < -0.39 is 0 Å². The largest absolute Gasteiger partial charge is 0.480 e. The SMILES string of the molecule is Cc1cc(Cl)cc(C)c1O[C@H](C)c1nnc(CCn2cccn2)o1. The van der Waals surface area contributed by atoms with Crippen molar-refractivity contribution < 1.29 is 9.15 Å². The van der Waals surface area contributed by atoms with E-state index in [1.54, 1.807) is 6.20 Å². The molecule has 0 spiro atoms. The molecular formula is C17H19ClN4O2. The third-order valence-corrected chi connectivity index (χ3v) is 3.88. The lowest BCUT2D eigenvalue weighted by molar-refractivity contribution is 0.183. The minimum Gasteiger partial charge on any atom is -0.480 e. The van der Waals surface area contributed by atoms with Crippen LogP contribution in [0.2, 0.25) is 5.02 Å². The molecule has 0 aliphatic rings. The summed E-state index contributed by atoms with van der Waals surface area (Å²) in [6.45, 7) is 6.51. The first-order chi connectivity index (χ1) is 11.5. The molecule has 126 valence electrons. The van der Waals surface area contributed by atoms with Crippen LogP contribution in [0.4, 0.5) is 0 Å². The van der Waals surface area contributed by atoms with Gasteiger partial charge < -0.3 is 9.15 Å². The van der Waals surface area contributed by atoms with Gasteiger partial charge in [-0.25, -0.2) is 0 Å². The van der Waals surface area contributed by atoms with Crippen LogP contribution in [0.1, 0.15) is 35.9 Å². The molecule has 3 rings (SSSR count). The van der Waals surface area contributed by atoms with Crippen LogP contribution in [0.15, 0.2) is 35.0 Å². The predicted molar refractivity (Wildman–Crippen MR) is 90.2 cm³/mol. The van der Waals surface area contributed by atoms with E-state index in [1.165, 1.54) is 0 Å². The summed E-state index contributed by atoms with van der Waals surface area (Å²) < 4.78 is 13.5. The molecule has 0 saturated heterocycles. The van der Waals surface area contributed by atoms with Crippen molar-refractivity contribution in [3.63, 3.8) is 0 Å². The molecule has 0 fully saturated rings. The van der Waals surface area contributed by atoms with Gasteiger partial charge in [-0.3, -0.25) is 4.68 Å². The van der Waals surface area contributed by atoms with E-state index in [2.05, 4.69) is 15.3 Å². The fourth-order valence-electron chi connectivity index (χ4n) is 2.49. The predicted octanol–water partition coefficient (Wildman–Crippen LogP) is 3.92. The van der Waals surface area contributed by atoms with Crippen molar-refractivity contribution in [1.82, 2.24) is 20.0 Å². The normalized spacial score (nSPS) is 12.3. The molecule has 0 N–H and O–H groups in total. The van der Waals surface area contributed by atoms with Crippen molar-refractivity contribution in [2.75, 3.05) is 0 Å². The van der Waals surface area contributed by atoms with Gasteiger partial charge in [0.15, 0.2) is 6.10 Å². The summed E-state index contributed by atoms with van der Waals surface area (Å²) in [5.74, 6) is 1.82. The van der Waals surface area contributed by atoms with Gasteiger partial charge in [0, 0.05) is 30.4 Å². The van der Waals surface area contributed by atoms with Gasteiger partial charge in [-0.2, -0.15) is 5.10 Å². The smallest absolute Gasteiger partial charge is 0.256 e. The average Bonchev–Trinajstić information content (AvgIpc) is 3.19. The lowest BCUT2D eigenvalue weighted by Gasteiger charge is -2.16. The van der Waals surface area contributed by atoms with Gasteiger partial charge in [0.05, 0.1) is 0 Å². The average molecular weight is 347 g/mol. The van der Waals surface area contributed by atoms with E-state index in [0.29, 0.717) is 29.8 Å². The molecule has 3 aromatic rings. The van der Waals surface area contributed by atoms with Crippen LogP contribution in [0, 0.1) is 13.8 Å². The summed E-state index contributed by atoms with van der Waals surface area (Å²) in [7, 11) is 0. The number of hydrogen-bond acceptors (Lipinski definition) is 5. The van der Waals surface area contributed by atoms with Gasteiger partial charge in [0.2, 0.25) is 5.89 Å². The molecule has 1 atom stereocenters. The van der Waals surface area contributed by atoms with Crippen molar-refractivity contribution in [1.29, 1.82) is 0 Å². The van der Waals surface area contributed by atoms with Gasteiger partial charge in [-0.1, -0.05) is 11.6 Å². The van der Waals surface area contributed by atoms with Crippen molar-refractivity contribution in [3.8, 4) is 5.75 Å². The van der Waals surface area contributed by atoms with E-state index in [4.69, 9.17) is 20.8 Å². The molecule has 0 aliphatic carbocycles. The number of ether oxygens (including phenoxy) is 1. The highest BCUT2D eigenvalue weighted by molar-refractivity contribution is 6.30. The molecule has 6 nitrogen and oxygen atoms in total. The summed E-state index contributed by atoms with van der Waals surface area (Å²) in [5, 5.41) is 13.0. The van der Waals surface area contributed by atoms with Crippen molar-refractivity contribution >= 4 is 11.6 Å². The van der Waals surface area contributed by atoms with Gasteiger partial charge in [-0.15, -0.1) is 10.2 Å². The minimum atomic E-state index is -0.338. The molecule has 1 aromatic carbocycles. The van der Waals surface area contributed by atoms with E-state index >= 15 is 0 Å². The fraction of sp³-hybridized carbons (Fsp3) is 0.353. The van der Waals surface area contributed by atoms with Crippen LogP contribution in [0.3, 0.4) is 0 Å². The quantitative estimate of drug-likeness (QED) is 0.676. The maximum Gasteiger partial charge on any atom is 0.256 e. The highest BCUT2D eigenvalue weighted by Gasteiger charge is 2.18. The molecule has 2 aromatic heterocycles. The third-order valence-electron chi connectivity index (χ3n) is 3.66. The Labute approximate surface area is 145 Å². The van der Waals surface area contributed by atoms with E-state index in [-0.39, 0.29) is 6.10 Å². The Balaban J connectivity index is 1.66. The monoisotopic (exact) mass is 346 g/mol. The molecule has 0 amide bonds. The summed E-state index contributed by atoms with van der Waals surface area (Å²) >= 11 is 6.05. The zero-order valence-corrected chi connectivity index (χ0v) is 14.6. The van der Waals surface area contributed by atoms with Gasteiger partial charge in [0.1, 0.15) is 5.75 Å². The number of hydrogen-bond donors (Lipinski definition) is 0.